The van der Waals surface area contributed by atoms with Crippen molar-refractivity contribution in [1.82, 2.24) is 0 Å². The predicted octanol–water partition coefficient (Wildman–Crippen LogP) is 8.92. The number of hydrogen-bond acceptors (Lipinski definition) is 4. The minimum absolute atomic E-state index is 0.0721. The van der Waals surface area contributed by atoms with E-state index in [2.05, 4.69) is 31.9 Å². The molecule has 0 aliphatic rings. The first-order chi connectivity index (χ1) is 13.3. The van der Waals surface area contributed by atoms with Crippen LogP contribution in [0.5, 0.6) is 0 Å². The van der Waals surface area contributed by atoms with Gasteiger partial charge in [-0.05, 0) is 78.4 Å². The molecular formula is C19H11Br2Cl3O2S2. The molecule has 0 unspecified atom stereocenters. The molecule has 146 valence electrons. The minimum atomic E-state index is -0.452. The summed E-state index contributed by atoms with van der Waals surface area (Å²) in [5.74, 6) is -0.596. The van der Waals surface area contributed by atoms with Crippen LogP contribution in [0.4, 0.5) is 0 Å². The van der Waals surface area contributed by atoms with E-state index >= 15 is 0 Å². The van der Waals surface area contributed by atoms with Crippen LogP contribution < -0.4 is 0 Å². The second-order valence-corrected chi connectivity index (χ2v) is 10.7. The van der Waals surface area contributed by atoms with E-state index in [-0.39, 0.29) is 24.4 Å². The van der Waals surface area contributed by atoms with Crippen molar-refractivity contribution in [3.05, 3.63) is 74.4 Å². The van der Waals surface area contributed by atoms with Gasteiger partial charge in [0, 0.05) is 26.8 Å². The summed E-state index contributed by atoms with van der Waals surface area (Å²) >= 11 is 28.3. The molecule has 1 aromatic carbocycles. The van der Waals surface area contributed by atoms with Crippen LogP contribution in [0.2, 0.25) is 15.1 Å². The lowest BCUT2D eigenvalue weighted by Gasteiger charge is -2.18. The molecule has 3 rings (SSSR count). The zero-order valence-corrected chi connectivity index (χ0v) is 21.1. The first kappa shape index (κ1) is 22.5. The topological polar surface area (TPSA) is 34.1 Å². The molecule has 0 bridgehead atoms. The van der Waals surface area contributed by atoms with Crippen LogP contribution in [0, 0.1) is 0 Å². The quantitative estimate of drug-likeness (QED) is 0.200. The van der Waals surface area contributed by atoms with Crippen molar-refractivity contribution in [1.29, 1.82) is 0 Å². The van der Waals surface area contributed by atoms with E-state index in [9.17, 15) is 9.59 Å². The lowest BCUT2D eigenvalue weighted by Crippen LogP contribution is -2.13. The second kappa shape index (κ2) is 9.73. The van der Waals surface area contributed by atoms with Gasteiger partial charge in [0.1, 0.15) is 0 Å². The Hall–Kier alpha value is -0.210. The summed E-state index contributed by atoms with van der Waals surface area (Å²) in [4.78, 5) is 27.0. The minimum Gasteiger partial charge on any atom is -0.293 e. The standard InChI is InChI=1S/C19H11Br2Cl3O2S2/c20-12-1-3-27-18(12)15(25)5-9(6-16(26)19-13(21)2-4-28-19)11-7-10(22)8-14(23)17(11)24/h1-4,7-9H,5-6H2. The van der Waals surface area contributed by atoms with Gasteiger partial charge in [-0.25, -0.2) is 0 Å². The van der Waals surface area contributed by atoms with Crippen LogP contribution in [0.15, 0.2) is 44.0 Å². The molecule has 2 aromatic heterocycles. The van der Waals surface area contributed by atoms with Crippen molar-refractivity contribution in [3.63, 3.8) is 0 Å². The maximum absolute atomic E-state index is 12.9. The van der Waals surface area contributed by atoms with E-state index in [1.165, 1.54) is 22.7 Å². The molecule has 0 aliphatic carbocycles. The number of ketones is 2. The molecule has 28 heavy (non-hydrogen) atoms. The molecule has 0 aliphatic heterocycles. The number of carbonyl (C=O) groups excluding carboxylic acids is 2. The first-order valence-corrected chi connectivity index (χ1v) is 12.4. The predicted molar refractivity (Wildman–Crippen MR) is 126 cm³/mol. The van der Waals surface area contributed by atoms with Gasteiger partial charge in [0.2, 0.25) is 0 Å². The summed E-state index contributed by atoms with van der Waals surface area (Å²) < 4.78 is 1.48. The Morgan fingerprint density at radius 2 is 1.39 bits per heavy atom. The van der Waals surface area contributed by atoms with Crippen molar-refractivity contribution >= 4 is 101 Å². The van der Waals surface area contributed by atoms with Crippen molar-refractivity contribution in [2.75, 3.05) is 0 Å². The van der Waals surface area contributed by atoms with E-state index in [0.29, 0.717) is 30.4 Å². The van der Waals surface area contributed by atoms with Crippen LogP contribution in [0.25, 0.3) is 0 Å². The number of benzene rings is 1. The molecule has 2 nitrogen and oxygen atoms in total. The Morgan fingerprint density at radius 1 is 0.893 bits per heavy atom. The lowest BCUT2D eigenvalue weighted by atomic mass is 9.88. The van der Waals surface area contributed by atoms with Crippen molar-refractivity contribution in [2.45, 2.75) is 18.8 Å². The number of hydrogen-bond donors (Lipinski definition) is 0. The highest BCUT2D eigenvalue weighted by Gasteiger charge is 2.27. The Labute approximate surface area is 202 Å². The highest BCUT2D eigenvalue weighted by Crippen LogP contribution is 2.39. The van der Waals surface area contributed by atoms with E-state index in [0.717, 1.165) is 8.95 Å². The average molecular weight is 602 g/mol. The first-order valence-electron chi connectivity index (χ1n) is 7.94. The molecule has 0 saturated carbocycles. The lowest BCUT2D eigenvalue weighted by molar-refractivity contribution is 0.0948. The molecule has 0 radical (unpaired) electrons. The molecule has 0 amide bonds. The summed E-state index contributed by atoms with van der Waals surface area (Å²) in [6, 6.07) is 6.86. The average Bonchev–Trinajstić information content (AvgIpc) is 3.25. The van der Waals surface area contributed by atoms with Gasteiger partial charge in [-0.15, -0.1) is 22.7 Å². The van der Waals surface area contributed by atoms with Crippen LogP contribution in [-0.2, 0) is 0 Å². The second-order valence-electron chi connectivity index (χ2n) is 5.94. The number of halogens is 5. The van der Waals surface area contributed by atoms with Gasteiger partial charge in [-0.3, -0.25) is 9.59 Å². The molecule has 9 heteroatoms. The van der Waals surface area contributed by atoms with Crippen LogP contribution in [0.3, 0.4) is 0 Å². The highest BCUT2D eigenvalue weighted by molar-refractivity contribution is 9.11. The fourth-order valence-corrected chi connectivity index (χ4v) is 6.64. The van der Waals surface area contributed by atoms with Gasteiger partial charge >= 0.3 is 0 Å². The van der Waals surface area contributed by atoms with Gasteiger partial charge in [0.25, 0.3) is 0 Å². The molecular weight excluding hydrogens is 591 g/mol. The Morgan fingerprint density at radius 3 is 1.82 bits per heavy atom. The Balaban J connectivity index is 1.96. The Kier molecular flexibility index (Phi) is 7.81. The van der Waals surface area contributed by atoms with E-state index in [4.69, 9.17) is 34.8 Å². The third kappa shape index (κ3) is 5.09. The summed E-state index contributed by atoms with van der Waals surface area (Å²) in [6.07, 6.45) is 0.231. The third-order valence-electron chi connectivity index (χ3n) is 4.07. The summed E-state index contributed by atoms with van der Waals surface area (Å²) in [6.45, 7) is 0. The van der Waals surface area contributed by atoms with Crippen LogP contribution >= 0.6 is 89.3 Å². The van der Waals surface area contributed by atoms with Gasteiger partial charge in [-0.1, -0.05) is 34.8 Å². The number of carbonyl (C=O) groups is 2. The SMILES string of the molecule is O=C(CC(CC(=O)c1sccc1Br)c1cc(Cl)cc(Cl)c1Cl)c1sccc1Br. The normalized spacial score (nSPS) is 11.2. The summed E-state index contributed by atoms with van der Waals surface area (Å²) in [7, 11) is 0. The summed E-state index contributed by atoms with van der Waals surface area (Å²) in [5, 5.41) is 4.69. The largest absolute Gasteiger partial charge is 0.293 e. The molecule has 0 spiro atoms. The fourth-order valence-electron chi connectivity index (χ4n) is 2.78. The van der Waals surface area contributed by atoms with Gasteiger partial charge in [-0.2, -0.15) is 0 Å². The highest BCUT2D eigenvalue weighted by atomic mass is 79.9. The van der Waals surface area contributed by atoms with E-state index in [1.54, 1.807) is 12.1 Å². The van der Waals surface area contributed by atoms with Gasteiger partial charge in [0.15, 0.2) is 11.6 Å². The zero-order chi connectivity index (χ0) is 20.4. The zero-order valence-electron chi connectivity index (χ0n) is 14.0. The van der Waals surface area contributed by atoms with E-state index < -0.39 is 5.92 Å². The maximum atomic E-state index is 12.9. The molecule has 0 saturated heterocycles. The van der Waals surface area contributed by atoms with Crippen molar-refractivity contribution in [3.8, 4) is 0 Å². The number of thiophene rings is 2. The number of Topliss-reactive ketones (excluding diaryl/α,β-unsaturated/α-hetero) is 2. The maximum Gasteiger partial charge on any atom is 0.174 e. The van der Waals surface area contributed by atoms with Crippen LogP contribution in [-0.4, -0.2) is 11.6 Å². The summed E-state index contributed by atoms with van der Waals surface area (Å²) in [5.41, 5.74) is 0.598. The fraction of sp³-hybridized carbons (Fsp3) is 0.158. The number of rotatable bonds is 7. The monoisotopic (exact) mass is 598 g/mol. The van der Waals surface area contributed by atoms with Gasteiger partial charge < -0.3 is 0 Å². The van der Waals surface area contributed by atoms with Crippen molar-refractivity contribution < 1.29 is 9.59 Å². The van der Waals surface area contributed by atoms with E-state index in [1.807, 2.05) is 22.9 Å². The third-order valence-corrected chi connectivity index (χ3v) is 8.86. The van der Waals surface area contributed by atoms with Crippen molar-refractivity contribution in [2.24, 2.45) is 0 Å². The molecule has 0 N–H and O–H groups in total. The Bertz CT molecular complexity index is 991. The molecule has 3 aromatic rings. The molecule has 0 fully saturated rings. The molecule has 0 atom stereocenters. The van der Waals surface area contributed by atoms with Crippen LogP contribution in [0.1, 0.15) is 43.7 Å². The van der Waals surface area contributed by atoms with Gasteiger partial charge in [0.05, 0.1) is 19.8 Å². The smallest absolute Gasteiger partial charge is 0.174 e. The molecule has 2 heterocycles.